The van der Waals surface area contributed by atoms with E-state index in [-0.39, 0.29) is 17.9 Å². The molecule has 18 heavy (non-hydrogen) atoms. The van der Waals surface area contributed by atoms with Crippen LogP contribution >= 0.6 is 0 Å². The Labute approximate surface area is 108 Å². The monoisotopic (exact) mass is 241 g/mol. The zero-order chi connectivity index (χ0) is 12.7. The van der Waals surface area contributed by atoms with E-state index < -0.39 is 0 Å². The molecule has 3 rings (SSSR count). The first-order valence-corrected chi connectivity index (χ1v) is 6.33. The van der Waals surface area contributed by atoms with Crippen LogP contribution in [0.4, 0.5) is 0 Å². The smallest absolute Gasteiger partial charge is 0.233 e. The third-order valence-electron chi connectivity index (χ3n) is 3.64. The molecule has 0 bridgehead atoms. The minimum absolute atomic E-state index is 0.0305. The summed E-state index contributed by atoms with van der Waals surface area (Å²) < 4.78 is 5.64. The molecule has 0 aromatic heterocycles. The van der Waals surface area contributed by atoms with E-state index in [0.29, 0.717) is 13.1 Å². The quantitative estimate of drug-likeness (QED) is 0.717. The number of hydrogen-bond donors (Lipinski definition) is 0. The molecule has 1 fully saturated rings. The molecular weight excluding hydrogens is 225 g/mol. The molecule has 0 radical (unpaired) electrons. The van der Waals surface area contributed by atoms with Crippen molar-refractivity contribution in [1.29, 1.82) is 0 Å². The first-order valence-electron chi connectivity index (χ1n) is 6.33. The molecule has 1 amide bonds. The van der Waals surface area contributed by atoms with E-state index in [1.165, 1.54) is 11.1 Å². The maximum Gasteiger partial charge on any atom is 0.233 e. The van der Waals surface area contributed by atoms with Crippen molar-refractivity contribution in [3.05, 3.63) is 47.1 Å². The van der Waals surface area contributed by atoms with Gasteiger partial charge in [-0.25, -0.2) is 0 Å². The van der Waals surface area contributed by atoms with Gasteiger partial charge in [0.1, 0.15) is 6.10 Å². The van der Waals surface area contributed by atoms with Crippen LogP contribution in [0, 0.1) is 12.8 Å². The molecule has 3 nitrogen and oxygen atoms in total. The molecule has 1 aromatic carbocycles. The fourth-order valence-electron chi connectivity index (χ4n) is 2.67. The highest BCUT2D eigenvalue weighted by atomic mass is 16.5. The molecule has 2 unspecified atom stereocenters. The normalized spacial score (nSPS) is 25.9. The Morgan fingerprint density at radius 2 is 2.11 bits per heavy atom. The minimum atomic E-state index is -0.0598. The van der Waals surface area contributed by atoms with Crippen molar-refractivity contribution >= 4 is 13.8 Å². The van der Waals surface area contributed by atoms with Crippen LogP contribution in [0.1, 0.15) is 11.1 Å². The van der Waals surface area contributed by atoms with Crippen LogP contribution in [-0.4, -0.2) is 31.3 Å². The van der Waals surface area contributed by atoms with E-state index in [0.717, 1.165) is 5.66 Å². The number of hydrogen-bond acceptors (Lipinski definition) is 2. The number of aryl methyl sites for hydroxylation is 1. The third-order valence-corrected chi connectivity index (χ3v) is 3.64. The van der Waals surface area contributed by atoms with Crippen LogP contribution in [0.3, 0.4) is 0 Å². The van der Waals surface area contributed by atoms with Crippen LogP contribution in [0.25, 0.3) is 0 Å². The molecule has 4 heteroatoms. The van der Waals surface area contributed by atoms with Gasteiger partial charge in [0.15, 0.2) is 7.85 Å². The number of carbonyl (C=O) groups excluding carboxylic acids is 1. The predicted molar refractivity (Wildman–Crippen MR) is 71.6 cm³/mol. The zero-order valence-corrected chi connectivity index (χ0v) is 10.7. The number of benzene rings is 1. The summed E-state index contributed by atoms with van der Waals surface area (Å²) in [7, 11) is 1.91. The number of nitrogens with zero attached hydrogens (tertiary/aromatic N) is 1. The Bertz CT molecular complexity index is 509. The maximum absolute atomic E-state index is 12.2. The van der Waals surface area contributed by atoms with Crippen LogP contribution < -0.4 is 0 Å². The van der Waals surface area contributed by atoms with Gasteiger partial charge in [-0.3, -0.25) is 4.79 Å². The van der Waals surface area contributed by atoms with E-state index in [9.17, 15) is 4.79 Å². The third kappa shape index (κ3) is 1.92. The second kappa shape index (κ2) is 4.20. The van der Waals surface area contributed by atoms with Gasteiger partial charge in [-0.2, -0.15) is 0 Å². The van der Waals surface area contributed by atoms with Crippen LogP contribution in [-0.2, 0) is 16.1 Å². The lowest BCUT2D eigenvalue weighted by molar-refractivity contribution is -0.130. The van der Waals surface area contributed by atoms with Gasteiger partial charge in [0.05, 0.1) is 12.5 Å². The molecular formula is C14H16BNO2. The van der Waals surface area contributed by atoms with Crippen LogP contribution in [0.2, 0.25) is 0 Å². The van der Waals surface area contributed by atoms with E-state index >= 15 is 0 Å². The molecule has 92 valence electrons. The van der Waals surface area contributed by atoms with Crippen molar-refractivity contribution in [3.8, 4) is 0 Å². The molecule has 1 aromatic rings. The SMILES string of the molecule is BC1=CC2C(=O)N(Cc3ccc(C)cc3)CC2O1. The predicted octanol–water partition coefficient (Wildman–Crippen LogP) is 0.827. The Morgan fingerprint density at radius 1 is 1.39 bits per heavy atom. The molecule has 0 saturated carbocycles. The summed E-state index contributed by atoms with van der Waals surface area (Å²) in [5.74, 6) is 0.132. The number of fused-ring (bicyclic) bond motifs is 1. The Balaban J connectivity index is 1.72. The summed E-state index contributed by atoms with van der Waals surface area (Å²) in [5.41, 5.74) is 3.30. The molecule has 2 aliphatic heterocycles. The molecule has 0 spiro atoms. The van der Waals surface area contributed by atoms with Gasteiger partial charge in [-0.15, -0.1) is 0 Å². The molecule has 1 saturated heterocycles. The second-order valence-corrected chi connectivity index (χ2v) is 5.16. The fourth-order valence-corrected chi connectivity index (χ4v) is 2.67. The summed E-state index contributed by atoms with van der Waals surface area (Å²) in [5, 5.41) is 0. The summed E-state index contributed by atoms with van der Waals surface area (Å²) in [6.45, 7) is 3.45. The molecule has 0 N–H and O–H groups in total. The lowest BCUT2D eigenvalue weighted by atomic mass is 10.0. The molecule has 2 aliphatic rings. The average molecular weight is 241 g/mol. The summed E-state index contributed by atoms with van der Waals surface area (Å²) in [6.07, 6.45) is 1.98. The maximum atomic E-state index is 12.2. The standard InChI is InChI=1S/C14H16BNO2/c1-9-2-4-10(5-3-9)7-16-8-12-11(14(16)17)6-13(15)18-12/h2-6,11-12H,7-8,15H2,1H3. The highest BCUT2D eigenvalue weighted by molar-refractivity contribution is 6.20. The number of carbonyl (C=O) groups is 1. The fraction of sp³-hybridized carbons (Fsp3) is 0.357. The number of amides is 1. The molecule has 2 atom stereocenters. The van der Waals surface area contributed by atoms with Crippen LogP contribution in [0.15, 0.2) is 36.0 Å². The lowest BCUT2D eigenvalue weighted by Crippen LogP contribution is -2.27. The van der Waals surface area contributed by atoms with Gasteiger partial charge in [-0.05, 0) is 18.6 Å². The Kier molecular flexibility index (Phi) is 2.65. The lowest BCUT2D eigenvalue weighted by Gasteiger charge is -2.17. The number of ether oxygens (including phenoxy) is 1. The summed E-state index contributed by atoms with van der Waals surface area (Å²) in [4.78, 5) is 14.1. The number of rotatable bonds is 2. The van der Waals surface area contributed by atoms with E-state index in [1.54, 1.807) is 0 Å². The molecule has 2 heterocycles. The van der Waals surface area contributed by atoms with E-state index in [4.69, 9.17) is 4.74 Å². The van der Waals surface area contributed by atoms with Gasteiger partial charge < -0.3 is 9.64 Å². The van der Waals surface area contributed by atoms with Gasteiger partial charge >= 0.3 is 0 Å². The number of likely N-dealkylation sites (tertiary alicyclic amines) is 1. The summed E-state index contributed by atoms with van der Waals surface area (Å²) in [6, 6.07) is 8.33. The zero-order valence-electron chi connectivity index (χ0n) is 10.7. The van der Waals surface area contributed by atoms with Gasteiger partial charge in [0.25, 0.3) is 0 Å². The van der Waals surface area contributed by atoms with Crippen LogP contribution in [0.5, 0.6) is 0 Å². The van der Waals surface area contributed by atoms with Gasteiger partial charge in [0, 0.05) is 12.2 Å². The van der Waals surface area contributed by atoms with Gasteiger partial charge in [-0.1, -0.05) is 29.8 Å². The summed E-state index contributed by atoms with van der Waals surface area (Å²) >= 11 is 0. The van der Waals surface area contributed by atoms with E-state index in [2.05, 4.69) is 31.2 Å². The van der Waals surface area contributed by atoms with Gasteiger partial charge in [0.2, 0.25) is 5.91 Å². The van der Waals surface area contributed by atoms with Crippen molar-refractivity contribution < 1.29 is 9.53 Å². The van der Waals surface area contributed by atoms with E-state index in [1.807, 2.05) is 18.8 Å². The second-order valence-electron chi connectivity index (χ2n) is 5.16. The van der Waals surface area contributed by atoms with Crippen molar-refractivity contribution in [1.82, 2.24) is 4.90 Å². The highest BCUT2D eigenvalue weighted by Crippen LogP contribution is 2.31. The topological polar surface area (TPSA) is 29.5 Å². The molecule has 0 aliphatic carbocycles. The van der Waals surface area contributed by atoms with Crippen molar-refractivity contribution in [3.63, 3.8) is 0 Å². The van der Waals surface area contributed by atoms with Crippen molar-refractivity contribution in [2.24, 2.45) is 5.92 Å². The largest absolute Gasteiger partial charge is 0.503 e. The first-order chi connectivity index (χ1) is 8.63. The first kappa shape index (κ1) is 11.4. The Morgan fingerprint density at radius 3 is 2.78 bits per heavy atom. The highest BCUT2D eigenvalue weighted by Gasteiger charge is 2.43. The average Bonchev–Trinajstić information content (AvgIpc) is 2.82. The minimum Gasteiger partial charge on any atom is -0.503 e. The van der Waals surface area contributed by atoms with Crippen molar-refractivity contribution in [2.45, 2.75) is 19.6 Å². The van der Waals surface area contributed by atoms with Crippen molar-refractivity contribution in [2.75, 3.05) is 6.54 Å². The Hall–Kier alpha value is -1.71.